The van der Waals surface area contributed by atoms with E-state index in [9.17, 15) is 12.6 Å². The number of nitrogens with two attached hydrogens (primary N) is 1. The van der Waals surface area contributed by atoms with E-state index in [0.29, 0.717) is 9.10 Å². The van der Waals surface area contributed by atoms with E-state index in [1.54, 1.807) is 6.07 Å². The van der Waals surface area contributed by atoms with Gasteiger partial charge in [-0.1, -0.05) is 12.1 Å². The monoisotopic (exact) mass is 301 g/mol. The Morgan fingerprint density at radius 2 is 1.94 bits per heavy atom. The predicted octanol–water partition coefficient (Wildman–Crippen LogP) is 1.87. The first-order chi connectivity index (χ1) is 8.38. The van der Waals surface area contributed by atoms with Crippen LogP contribution in [-0.4, -0.2) is 12.6 Å². The number of aryl methyl sites for hydroxylation is 1. The van der Waals surface area contributed by atoms with Gasteiger partial charge >= 0.3 is 0 Å². The zero-order valence-corrected chi connectivity index (χ0v) is 11.9. The molecule has 0 aliphatic heterocycles. The lowest BCUT2D eigenvalue weighted by molar-refractivity contribution is 0.600. The maximum absolute atomic E-state index is 12.2. The molecule has 7 heteroatoms. The minimum Gasteiger partial charge on any atom is -0.248 e. The number of sulfonamides is 1. The molecule has 96 valence electrons. The van der Waals surface area contributed by atoms with E-state index < -0.39 is 20.8 Å². The van der Waals surface area contributed by atoms with Gasteiger partial charge in [-0.15, -0.1) is 11.3 Å². The smallest absolute Gasteiger partial charge is 0.247 e. The second kappa shape index (κ2) is 4.93. The molecule has 0 aliphatic carbocycles. The second-order valence-corrected chi connectivity index (χ2v) is 8.28. The zero-order valence-electron chi connectivity index (χ0n) is 9.49. The maximum Gasteiger partial charge on any atom is 0.247 e. The minimum absolute atomic E-state index is 0.0264. The van der Waals surface area contributed by atoms with E-state index in [4.69, 9.17) is 5.14 Å². The molecule has 2 N–H and O–H groups in total. The molecule has 18 heavy (non-hydrogen) atoms. The molecule has 2 aromatic rings. The van der Waals surface area contributed by atoms with E-state index in [2.05, 4.69) is 0 Å². The SMILES string of the molecule is Cc1cccc([S@@](=O)c2ccc(S(N)(=O)=O)s2)c1. The molecule has 0 radical (unpaired) electrons. The third-order valence-electron chi connectivity index (χ3n) is 2.22. The van der Waals surface area contributed by atoms with Gasteiger partial charge in [-0.25, -0.2) is 17.8 Å². The van der Waals surface area contributed by atoms with Gasteiger partial charge in [0.2, 0.25) is 10.0 Å². The van der Waals surface area contributed by atoms with Crippen LogP contribution in [0.15, 0.2) is 49.7 Å². The van der Waals surface area contributed by atoms with Crippen LogP contribution in [0.25, 0.3) is 0 Å². The summed E-state index contributed by atoms with van der Waals surface area (Å²) in [6.07, 6.45) is 0. The number of hydrogen-bond acceptors (Lipinski definition) is 4. The number of thiophene rings is 1. The van der Waals surface area contributed by atoms with Crippen LogP contribution in [0.4, 0.5) is 0 Å². The fraction of sp³-hybridized carbons (Fsp3) is 0.0909. The fourth-order valence-electron chi connectivity index (χ4n) is 1.40. The van der Waals surface area contributed by atoms with E-state index in [0.717, 1.165) is 16.9 Å². The van der Waals surface area contributed by atoms with E-state index in [1.807, 2.05) is 25.1 Å². The molecular formula is C11H11NO3S3. The Hall–Kier alpha value is -1.02. The van der Waals surface area contributed by atoms with Crippen LogP contribution in [0.2, 0.25) is 0 Å². The second-order valence-electron chi connectivity index (χ2n) is 3.70. The lowest BCUT2D eigenvalue weighted by Crippen LogP contribution is -2.09. The lowest BCUT2D eigenvalue weighted by Gasteiger charge is -2.00. The van der Waals surface area contributed by atoms with Crippen molar-refractivity contribution in [2.45, 2.75) is 20.2 Å². The van der Waals surface area contributed by atoms with Crippen molar-refractivity contribution < 1.29 is 12.6 Å². The average molecular weight is 301 g/mol. The summed E-state index contributed by atoms with van der Waals surface area (Å²) >= 11 is 0.935. The Bertz CT molecular complexity index is 704. The van der Waals surface area contributed by atoms with Crippen molar-refractivity contribution in [3.63, 3.8) is 0 Å². The molecule has 0 bridgehead atoms. The first-order valence-electron chi connectivity index (χ1n) is 4.99. The Kier molecular flexibility index (Phi) is 3.67. The Balaban J connectivity index is 2.38. The van der Waals surface area contributed by atoms with Gasteiger partial charge < -0.3 is 0 Å². The zero-order chi connectivity index (χ0) is 13.3. The molecule has 1 atom stereocenters. The first-order valence-corrected chi connectivity index (χ1v) is 8.50. The van der Waals surface area contributed by atoms with Crippen LogP contribution < -0.4 is 5.14 Å². The summed E-state index contributed by atoms with van der Waals surface area (Å²) < 4.78 is 35.0. The molecule has 0 saturated carbocycles. The molecule has 0 aliphatic rings. The molecule has 0 amide bonds. The largest absolute Gasteiger partial charge is 0.248 e. The van der Waals surface area contributed by atoms with Gasteiger partial charge in [-0.3, -0.25) is 0 Å². The number of primary sulfonamides is 1. The van der Waals surface area contributed by atoms with Gasteiger partial charge in [0.15, 0.2) is 0 Å². The predicted molar refractivity (Wildman–Crippen MR) is 71.5 cm³/mol. The van der Waals surface area contributed by atoms with Crippen molar-refractivity contribution in [2.75, 3.05) is 0 Å². The summed E-state index contributed by atoms with van der Waals surface area (Å²) in [5.41, 5.74) is 1.00. The van der Waals surface area contributed by atoms with E-state index in [-0.39, 0.29) is 4.21 Å². The summed E-state index contributed by atoms with van der Waals surface area (Å²) in [6, 6.07) is 10.2. The highest BCUT2D eigenvalue weighted by molar-refractivity contribution is 7.92. The third kappa shape index (κ3) is 2.86. The number of benzene rings is 1. The van der Waals surface area contributed by atoms with Crippen LogP contribution in [-0.2, 0) is 20.8 Å². The summed E-state index contributed by atoms with van der Waals surface area (Å²) in [5, 5.41) is 5.02. The molecule has 0 spiro atoms. The normalized spacial score (nSPS) is 13.4. The third-order valence-corrected chi connectivity index (χ3v) is 6.43. The van der Waals surface area contributed by atoms with Crippen molar-refractivity contribution in [1.29, 1.82) is 0 Å². The summed E-state index contributed by atoms with van der Waals surface area (Å²) in [4.78, 5) is 0.651. The molecule has 0 unspecified atom stereocenters. The molecule has 0 saturated heterocycles. The van der Waals surface area contributed by atoms with Gasteiger partial charge in [0.1, 0.15) is 4.21 Å². The van der Waals surface area contributed by atoms with Gasteiger partial charge in [0, 0.05) is 4.90 Å². The fourth-order valence-corrected chi connectivity index (χ4v) is 4.80. The van der Waals surface area contributed by atoms with Gasteiger partial charge in [0.25, 0.3) is 0 Å². The summed E-state index contributed by atoms with van der Waals surface area (Å²) in [5.74, 6) is 0. The van der Waals surface area contributed by atoms with Crippen molar-refractivity contribution >= 4 is 32.2 Å². The van der Waals surface area contributed by atoms with Crippen molar-refractivity contribution in [1.82, 2.24) is 0 Å². The first kappa shape index (κ1) is 13.4. The summed E-state index contributed by atoms with van der Waals surface area (Å²) in [7, 11) is -5.09. The lowest BCUT2D eigenvalue weighted by atomic mass is 10.2. The number of rotatable bonds is 3. The van der Waals surface area contributed by atoms with Gasteiger partial charge in [0.05, 0.1) is 15.0 Å². The van der Waals surface area contributed by atoms with Crippen LogP contribution >= 0.6 is 11.3 Å². The highest BCUT2D eigenvalue weighted by Crippen LogP contribution is 2.27. The highest BCUT2D eigenvalue weighted by atomic mass is 32.3. The van der Waals surface area contributed by atoms with Gasteiger partial charge in [-0.05, 0) is 36.8 Å². The maximum atomic E-state index is 12.2. The summed E-state index contributed by atoms with van der Waals surface area (Å²) in [6.45, 7) is 1.91. The highest BCUT2D eigenvalue weighted by Gasteiger charge is 2.15. The molecule has 1 heterocycles. The van der Waals surface area contributed by atoms with E-state index >= 15 is 0 Å². The molecule has 2 rings (SSSR count). The van der Waals surface area contributed by atoms with Crippen LogP contribution in [0.3, 0.4) is 0 Å². The van der Waals surface area contributed by atoms with Crippen LogP contribution in [0.1, 0.15) is 5.56 Å². The van der Waals surface area contributed by atoms with Gasteiger partial charge in [-0.2, -0.15) is 0 Å². The van der Waals surface area contributed by atoms with Crippen LogP contribution in [0.5, 0.6) is 0 Å². The van der Waals surface area contributed by atoms with Crippen molar-refractivity contribution in [3.8, 4) is 0 Å². The average Bonchev–Trinajstić information content (AvgIpc) is 2.77. The molecule has 1 aromatic heterocycles. The van der Waals surface area contributed by atoms with E-state index in [1.165, 1.54) is 12.1 Å². The molecule has 4 nitrogen and oxygen atoms in total. The Labute approximate surface area is 112 Å². The van der Waals surface area contributed by atoms with Crippen molar-refractivity contribution in [2.24, 2.45) is 5.14 Å². The Morgan fingerprint density at radius 1 is 1.22 bits per heavy atom. The van der Waals surface area contributed by atoms with Crippen molar-refractivity contribution in [3.05, 3.63) is 42.0 Å². The quantitative estimate of drug-likeness (QED) is 0.940. The van der Waals surface area contributed by atoms with Crippen LogP contribution in [0, 0.1) is 6.92 Å². The Morgan fingerprint density at radius 3 is 2.50 bits per heavy atom. The standard InChI is InChI=1S/C11H11NO3S3/c1-8-3-2-4-9(7-8)17(13)10-5-6-11(16-10)18(12,14)15/h2-7H,1H3,(H2,12,14,15)/t17-/m1/s1. The number of hydrogen-bond donors (Lipinski definition) is 1. The topological polar surface area (TPSA) is 77.2 Å². The molecular weight excluding hydrogens is 290 g/mol. The minimum atomic E-state index is -3.72. The molecule has 0 fully saturated rings. The molecule has 1 aromatic carbocycles.